The van der Waals surface area contributed by atoms with Crippen molar-refractivity contribution < 1.29 is 13.5 Å². The fraction of sp³-hybridized carbons (Fsp3) is 0.267. The van der Waals surface area contributed by atoms with E-state index in [1.165, 1.54) is 12.1 Å². The van der Waals surface area contributed by atoms with Crippen LogP contribution in [0.2, 0.25) is 0 Å². The van der Waals surface area contributed by atoms with Crippen molar-refractivity contribution in [1.82, 2.24) is 9.71 Å². The van der Waals surface area contributed by atoms with Crippen molar-refractivity contribution >= 4 is 10.0 Å². The summed E-state index contributed by atoms with van der Waals surface area (Å²) in [6.07, 6.45) is 1.000. The fourth-order valence-electron chi connectivity index (χ4n) is 1.92. The fourth-order valence-corrected chi connectivity index (χ4v) is 3.14. The Morgan fingerprint density at radius 3 is 2.29 bits per heavy atom. The minimum atomic E-state index is -3.62. The number of hydrogen-bond acceptors (Lipinski definition) is 4. The summed E-state index contributed by atoms with van der Waals surface area (Å²) in [5.41, 5.74) is 1.33. The Labute approximate surface area is 124 Å². The van der Waals surface area contributed by atoms with E-state index >= 15 is 0 Å². The number of sulfonamides is 1. The van der Waals surface area contributed by atoms with Gasteiger partial charge in [0.05, 0.1) is 22.7 Å². The zero-order chi connectivity index (χ0) is 15.5. The zero-order valence-electron chi connectivity index (χ0n) is 11.9. The first-order valence-electron chi connectivity index (χ1n) is 6.61. The smallest absolute Gasteiger partial charge is 0.241 e. The molecule has 5 nitrogen and oxygen atoms in total. The summed E-state index contributed by atoms with van der Waals surface area (Å²) in [5.74, 6) is 0. The first-order chi connectivity index (χ1) is 9.90. The SMILES string of the molecule is CC(O)c1ccc(S(=O)(=O)NC(C)c2ccccn2)cc1. The van der Waals surface area contributed by atoms with Gasteiger partial charge in [-0.1, -0.05) is 18.2 Å². The maximum absolute atomic E-state index is 12.3. The first kappa shape index (κ1) is 15.6. The highest BCUT2D eigenvalue weighted by Crippen LogP contribution is 2.18. The Kier molecular flexibility index (Phi) is 4.72. The van der Waals surface area contributed by atoms with Gasteiger partial charge in [0.1, 0.15) is 0 Å². The molecule has 6 heteroatoms. The second kappa shape index (κ2) is 6.34. The average Bonchev–Trinajstić information content (AvgIpc) is 2.48. The third-order valence-corrected chi connectivity index (χ3v) is 4.69. The molecule has 2 atom stereocenters. The number of hydrogen-bond donors (Lipinski definition) is 2. The third kappa shape index (κ3) is 3.87. The molecule has 0 amide bonds. The molecule has 2 unspecified atom stereocenters. The van der Waals surface area contributed by atoms with Gasteiger partial charge < -0.3 is 5.11 Å². The Balaban J connectivity index is 2.18. The molecular formula is C15H18N2O3S. The molecule has 21 heavy (non-hydrogen) atoms. The molecule has 0 aliphatic rings. The minimum absolute atomic E-state index is 0.162. The van der Waals surface area contributed by atoms with Crippen molar-refractivity contribution in [2.24, 2.45) is 0 Å². The first-order valence-corrected chi connectivity index (χ1v) is 8.10. The van der Waals surface area contributed by atoms with Gasteiger partial charge in [-0.05, 0) is 43.7 Å². The van der Waals surface area contributed by atoms with Crippen molar-refractivity contribution in [2.75, 3.05) is 0 Å². The lowest BCUT2D eigenvalue weighted by atomic mass is 10.1. The van der Waals surface area contributed by atoms with E-state index in [1.54, 1.807) is 44.3 Å². The molecule has 1 heterocycles. The predicted octanol–water partition coefficient (Wildman–Crippen LogP) is 2.17. The molecule has 0 fully saturated rings. The number of nitrogens with zero attached hydrogens (tertiary/aromatic N) is 1. The number of aliphatic hydroxyl groups is 1. The topological polar surface area (TPSA) is 79.3 Å². The van der Waals surface area contributed by atoms with Gasteiger partial charge in [0, 0.05) is 6.20 Å². The second-order valence-corrected chi connectivity index (χ2v) is 6.56. The van der Waals surface area contributed by atoms with Gasteiger partial charge in [-0.25, -0.2) is 13.1 Å². The Morgan fingerprint density at radius 1 is 1.10 bits per heavy atom. The predicted molar refractivity (Wildman–Crippen MR) is 80.0 cm³/mol. The van der Waals surface area contributed by atoms with E-state index in [1.807, 2.05) is 6.07 Å². The number of rotatable bonds is 5. The van der Waals surface area contributed by atoms with E-state index in [-0.39, 0.29) is 4.90 Å². The van der Waals surface area contributed by atoms with Gasteiger partial charge in [0.2, 0.25) is 10.0 Å². The molecule has 112 valence electrons. The number of aliphatic hydroxyl groups excluding tert-OH is 1. The molecule has 0 spiro atoms. The Morgan fingerprint density at radius 2 is 1.76 bits per heavy atom. The highest BCUT2D eigenvalue weighted by Gasteiger charge is 2.19. The maximum atomic E-state index is 12.3. The average molecular weight is 306 g/mol. The highest BCUT2D eigenvalue weighted by molar-refractivity contribution is 7.89. The van der Waals surface area contributed by atoms with Gasteiger partial charge in [-0.3, -0.25) is 4.98 Å². The van der Waals surface area contributed by atoms with Crippen LogP contribution in [0, 0.1) is 0 Å². The molecule has 0 aliphatic carbocycles. The maximum Gasteiger partial charge on any atom is 0.241 e. The lowest BCUT2D eigenvalue weighted by molar-refractivity contribution is 0.199. The van der Waals surface area contributed by atoms with Crippen molar-refractivity contribution in [3.05, 3.63) is 59.9 Å². The number of benzene rings is 1. The van der Waals surface area contributed by atoms with E-state index in [0.717, 1.165) is 0 Å². The molecule has 0 bridgehead atoms. The summed E-state index contributed by atoms with van der Waals surface area (Å²) in [5, 5.41) is 9.44. The van der Waals surface area contributed by atoms with Crippen LogP contribution in [0.15, 0.2) is 53.6 Å². The van der Waals surface area contributed by atoms with Gasteiger partial charge in [-0.15, -0.1) is 0 Å². The summed E-state index contributed by atoms with van der Waals surface area (Å²) in [6, 6.07) is 11.1. The second-order valence-electron chi connectivity index (χ2n) is 4.84. The monoisotopic (exact) mass is 306 g/mol. The van der Waals surface area contributed by atoms with Crippen LogP contribution in [0.25, 0.3) is 0 Å². The molecule has 2 N–H and O–H groups in total. The van der Waals surface area contributed by atoms with Crippen LogP contribution in [0.5, 0.6) is 0 Å². The molecule has 1 aromatic heterocycles. The molecule has 2 rings (SSSR count). The van der Waals surface area contributed by atoms with E-state index in [9.17, 15) is 13.5 Å². The summed E-state index contributed by atoms with van der Waals surface area (Å²) in [7, 11) is -3.62. The van der Waals surface area contributed by atoms with Gasteiger partial charge >= 0.3 is 0 Å². The van der Waals surface area contributed by atoms with Crippen molar-refractivity contribution in [3.63, 3.8) is 0 Å². The van der Waals surface area contributed by atoms with Crippen molar-refractivity contribution in [1.29, 1.82) is 0 Å². The van der Waals surface area contributed by atoms with Crippen LogP contribution < -0.4 is 4.72 Å². The van der Waals surface area contributed by atoms with Crippen molar-refractivity contribution in [3.8, 4) is 0 Å². The van der Waals surface area contributed by atoms with Crippen molar-refractivity contribution in [2.45, 2.75) is 30.9 Å². The van der Waals surface area contributed by atoms with Crippen LogP contribution in [0.3, 0.4) is 0 Å². The van der Waals surface area contributed by atoms with Crippen LogP contribution in [-0.4, -0.2) is 18.5 Å². The molecule has 0 aliphatic heterocycles. The number of aromatic nitrogens is 1. The minimum Gasteiger partial charge on any atom is -0.389 e. The quantitative estimate of drug-likeness (QED) is 0.887. The summed E-state index contributed by atoms with van der Waals surface area (Å²) in [4.78, 5) is 4.30. The molecule has 1 aromatic carbocycles. The highest BCUT2D eigenvalue weighted by atomic mass is 32.2. The Hall–Kier alpha value is -1.76. The lowest BCUT2D eigenvalue weighted by Crippen LogP contribution is -2.27. The molecule has 0 saturated heterocycles. The molecule has 0 saturated carbocycles. The van der Waals surface area contributed by atoms with Crippen LogP contribution >= 0.6 is 0 Å². The summed E-state index contributed by atoms with van der Waals surface area (Å²) in [6.45, 7) is 3.37. The van der Waals surface area contributed by atoms with Gasteiger partial charge in [0.25, 0.3) is 0 Å². The van der Waals surface area contributed by atoms with Crippen LogP contribution in [0.4, 0.5) is 0 Å². The number of pyridine rings is 1. The van der Waals surface area contributed by atoms with E-state index in [0.29, 0.717) is 11.3 Å². The molecular weight excluding hydrogens is 288 g/mol. The van der Waals surface area contributed by atoms with Crippen LogP contribution in [-0.2, 0) is 10.0 Å². The van der Waals surface area contributed by atoms with E-state index in [4.69, 9.17) is 0 Å². The Bertz CT molecular complexity index is 683. The van der Waals surface area contributed by atoms with Crippen LogP contribution in [0.1, 0.15) is 37.3 Å². The zero-order valence-corrected chi connectivity index (χ0v) is 12.7. The summed E-state index contributed by atoms with van der Waals surface area (Å²) >= 11 is 0. The van der Waals surface area contributed by atoms with Gasteiger partial charge in [0.15, 0.2) is 0 Å². The normalized spacial score (nSPS) is 14.6. The lowest BCUT2D eigenvalue weighted by Gasteiger charge is -2.14. The molecule has 0 radical (unpaired) electrons. The number of nitrogens with one attached hydrogen (secondary N) is 1. The van der Waals surface area contributed by atoms with E-state index in [2.05, 4.69) is 9.71 Å². The third-order valence-electron chi connectivity index (χ3n) is 3.14. The summed E-state index contributed by atoms with van der Waals surface area (Å²) < 4.78 is 27.2. The van der Waals surface area contributed by atoms with Gasteiger partial charge in [-0.2, -0.15) is 0 Å². The largest absolute Gasteiger partial charge is 0.389 e. The molecule has 2 aromatic rings. The van der Waals surface area contributed by atoms with E-state index < -0.39 is 22.2 Å². The standard InChI is InChI=1S/C15H18N2O3S/c1-11(15-5-3-4-10-16-15)17-21(19,20)14-8-6-13(7-9-14)12(2)18/h3-12,17-18H,1-2H3.